The lowest BCUT2D eigenvalue weighted by molar-refractivity contribution is -0.384. The fourth-order valence-corrected chi connectivity index (χ4v) is 2.14. The third kappa shape index (κ3) is 4.36. The summed E-state index contributed by atoms with van der Waals surface area (Å²) in [5, 5.41) is 14.4. The van der Waals surface area contributed by atoms with Gasteiger partial charge in [0.1, 0.15) is 5.75 Å². The number of hydrogen-bond donors (Lipinski definition) is 1. The molecule has 0 fully saturated rings. The first-order valence-corrected chi connectivity index (χ1v) is 7.22. The maximum atomic E-state index is 12.1. The minimum Gasteiger partial charge on any atom is -0.497 e. The Bertz CT molecular complexity index is 760. The van der Waals surface area contributed by atoms with Crippen molar-refractivity contribution in [3.05, 3.63) is 68.2 Å². The Balaban J connectivity index is 2.05. The monoisotopic (exact) mass is 377 g/mol. The molecule has 0 saturated heterocycles. The number of nitrogens with zero attached hydrogens (tertiary/aromatic N) is 2. The van der Waals surface area contributed by atoms with E-state index >= 15 is 0 Å². The Labute approximate surface area is 140 Å². The highest BCUT2D eigenvalue weighted by atomic mass is 79.9. The zero-order valence-corrected chi connectivity index (χ0v) is 13.6. The van der Waals surface area contributed by atoms with Crippen LogP contribution >= 0.6 is 15.9 Å². The smallest absolute Gasteiger partial charge is 0.272 e. The van der Waals surface area contributed by atoms with Crippen LogP contribution in [-0.2, 0) is 0 Å². The Morgan fingerprint density at radius 3 is 2.61 bits per heavy atom. The molecule has 2 aromatic rings. The molecular weight excluding hydrogens is 366 g/mol. The van der Waals surface area contributed by atoms with Gasteiger partial charge in [0.05, 0.1) is 23.8 Å². The number of amides is 1. The van der Waals surface area contributed by atoms with Crippen molar-refractivity contribution >= 4 is 33.7 Å². The molecule has 0 aliphatic heterocycles. The van der Waals surface area contributed by atoms with Gasteiger partial charge in [-0.25, -0.2) is 5.43 Å². The van der Waals surface area contributed by atoms with E-state index in [0.717, 1.165) is 0 Å². The fraction of sp³-hybridized carbons (Fsp3) is 0.0667. The first-order chi connectivity index (χ1) is 11.0. The van der Waals surface area contributed by atoms with Crippen molar-refractivity contribution in [2.75, 3.05) is 7.11 Å². The molecule has 2 rings (SSSR count). The number of carbonyl (C=O) groups is 1. The lowest BCUT2D eigenvalue weighted by Gasteiger charge is -2.05. The van der Waals surface area contributed by atoms with Crippen LogP contribution in [0.25, 0.3) is 0 Å². The van der Waals surface area contributed by atoms with E-state index in [2.05, 4.69) is 26.5 Å². The summed E-state index contributed by atoms with van der Waals surface area (Å²) in [7, 11) is 1.51. The standard InChI is InChI=1S/C15H12BrN3O4/c1-23-12-6-7-14(16)13(8-12)15(20)18-17-9-10-2-4-11(5-3-10)19(21)22/h2-9H,1H3,(H,18,20)/b17-9-. The molecule has 0 atom stereocenters. The van der Waals surface area contributed by atoms with Crippen molar-refractivity contribution in [1.29, 1.82) is 0 Å². The number of nitro groups is 1. The fourth-order valence-electron chi connectivity index (χ4n) is 1.71. The van der Waals surface area contributed by atoms with Gasteiger partial charge in [0, 0.05) is 16.6 Å². The number of ether oxygens (including phenoxy) is 1. The third-order valence-electron chi connectivity index (χ3n) is 2.90. The molecule has 1 N–H and O–H groups in total. The van der Waals surface area contributed by atoms with Gasteiger partial charge in [-0.05, 0) is 51.8 Å². The SMILES string of the molecule is COc1ccc(Br)c(C(=O)N/N=C\c2ccc([N+](=O)[O-])cc2)c1. The average molecular weight is 378 g/mol. The van der Waals surface area contributed by atoms with E-state index in [9.17, 15) is 14.9 Å². The largest absolute Gasteiger partial charge is 0.497 e. The van der Waals surface area contributed by atoms with E-state index in [1.807, 2.05) is 0 Å². The summed E-state index contributed by atoms with van der Waals surface area (Å²) in [6.45, 7) is 0. The van der Waals surface area contributed by atoms with Gasteiger partial charge in [0.25, 0.3) is 11.6 Å². The normalized spacial score (nSPS) is 10.5. The van der Waals surface area contributed by atoms with E-state index < -0.39 is 10.8 Å². The molecule has 0 aliphatic carbocycles. The van der Waals surface area contributed by atoms with Gasteiger partial charge >= 0.3 is 0 Å². The number of nitro benzene ring substituents is 1. The van der Waals surface area contributed by atoms with Crippen LogP contribution in [0.1, 0.15) is 15.9 Å². The molecule has 0 aliphatic rings. The number of carbonyl (C=O) groups excluding carboxylic acids is 1. The van der Waals surface area contributed by atoms with Gasteiger partial charge in [-0.15, -0.1) is 0 Å². The quantitative estimate of drug-likeness (QED) is 0.491. The predicted octanol–water partition coefficient (Wildman–Crippen LogP) is 3.13. The van der Waals surface area contributed by atoms with Gasteiger partial charge in [-0.3, -0.25) is 14.9 Å². The second kappa shape index (κ2) is 7.50. The second-order valence-electron chi connectivity index (χ2n) is 4.39. The van der Waals surface area contributed by atoms with Crippen molar-refractivity contribution in [2.24, 2.45) is 5.10 Å². The van der Waals surface area contributed by atoms with Crippen LogP contribution < -0.4 is 10.2 Å². The van der Waals surface area contributed by atoms with E-state index in [1.165, 1.54) is 37.6 Å². The number of nitrogens with one attached hydrogen (secondary N) is 1. The first-order valence-electron chi connectivity index (χ1n) is 6.42. The summed E-state index contributed by atoms with van der Waals surface area (Å²) in [5.41, 5.74) is 3.39. The zero-order valence-electron chi connectivity index (χ0n) is 12.0. The predicted molar refractivity (Wildman–Crippen MR) is 88.9 cm³/mol. The van der Waals surface area contributed by atoms with Crippen molar-refractivity contribution in [3.63, 3.8) is 0 Å². The highest BCUT2D eigenvalue weighted by Crippen LogP contribution is 2.22. The van der Waals surface area contributed by atoms with E-state index in [0.29, 0.717) is 21.3 Å². The van der Waals surface area contributed by atoms with Crippen LogP contribution in [0.2, 0.25) is 0 Å². The molecule has 1 amide bonds. The number of hydrogen-bond acceptors (Lipinski definition) is 5. The van der Waals surface area contributed by atoms with Gasteiger partial charge in [0.2, 0.25) is 0 Å². The van der Waals surface area contributed by atoms with Crippen molar-refractivity contribution in [3.8, 4) is 5.75 Å². The Kier molecular flexibility index (Phi) is 5.42. The lowest BCUT2D eigenvalue weighted by Crippen LogP contribution is -2.18. The summed E-state index contributed by atoms with van der Waals surface area (Å²) in [6.07, 6.45) is 1.40. The molecule has 8 heteroatoms. The molecule has 0 saturated carbocycles. The molecule has 118 valence electrons. The number of halogens is 1. The zero-order chi connectivity index (χ0) is 16.8. The number of hydrazone groups is 1. The molecule has 0 aromatic heterocycles. The summed E-state index contributed by atoms with van der Waals surface area (Å²) in [6, 6.07) is 10.8. The molecule has 23 heavy (non-hydrogen) atoms. The number of benzene rings is 2. The third-order valence-corrected chi connectivity index (χ3v) is 3.59. The van der Waals surface area contributed by atoms with Crippen LogP contribution in [0, 0.1) is 10.1 Å². The van der Waals surface area contributed by atoms with Crippen molar-refractivity contribution < 1.29 is 14.5 Å². The van der Waals surface area contributed by atoms with E-state index in [4.69, 9.17) is 4.74 Å². The molecule has 0 bridgehead atoms. The Hall–Kier alpha value is -2.74. The maximum absolute atomic E-state index is 12.1. The number of rotatable bonds is 5. The Morgan fingerprint density at radius 2 is 2.00 bits per heavy atom. The minimum atomic E-state index is -0.483. The highest BCUT2D eigenvalue weighted by Gasteiger charge is 2.10. The van der Waals surface area contributed by atoms with Crippen molar-refractivity contribution in [1.82, 2.24) is 5.43 Å². The van der Waals surface area contributed by atoms with Crippen LogP contribution in [0.4, 0.5) is 5.69 Å². The highest BCUT2D eigenvalue weighted by molar-refractivity contribution is 9.10. The second-order valence-corrected chi connectivity index (χ2v) is 5.25. The molecular formula is C15H12BrN3O4. The molecule has 0 heterocycles. The van der Waals surface area contributed by atoms with Crippen LogP contribution in [0.5, 0.6) is 5.75 Å². The number of non-ortho nitro benzene ring substituents is 1. The van der Waals surface area contributed by atoms with Gasteiger partial charge in [-0.2, -0.15) is 5.10 Å². The molecule has 0 radical (unpaired) electrons. The minimum absolute atomic E-state index is 0.00787. The molecule has 2 aromatic carbocycles. The van der Waals surface area contributed by atoms with Gasteiger partial charge < -0.3 is 4.74 Å². The topological polar surface area (TPSA) is 93.8 Å². The maximum Gasteiger partial charge on any atom is 0.272 e. The van der Waals surface area contributed by atoms with Crippen LogP contribution in [-0.4, -0.2) is 24.2 Å². The summed E-state index contributed by atoms with van der Waals surface area (Å²) >= 11 is 3.29. The van der Waals surface area contributed by atoms with Gasteiger partial charge in [0.15, 0.2) is 0 Å². The van der Waals surface area contributed by atoms with Crippen LogP contribution in [0.3, 0.4) is 0 Å². The summed E-state index contributed by atoms with van der Waals surface area (Å²) in [5.74, 6) is 0.145. The molecule has 7 nitrogen and oxygen atoms in total. The first kappa shape index (κ1) is 16.6. The molecule has 0 unspecified atom stereocenters. The number of methoxy groups -OCH3 is 1. The summed E-state index contributed by atoms with van der Waals surface area (Å²) in [4.78, 5) is 22.1. The Morgan fingerprint density at radius 1 is 1.30 bits per heavy atom. The average Bonchev–Trinajstić information content (AvgIpc) is 2.55. The summed E-state index contributed by atoms with van der Waals surface area (Å²) < 4.78 is 5.68. The molecule has 0 spiro atoms. The van der Waals surface area contributed by atoms with E-state index in [-0.39, 0.29) is 5.69 Å². The lowest BCUT2D eigenvalue weighted by atomic mass is 10.2. The van der Waals surface area contributed by atoms with Crippen molar-refractivity contribution in [2.45, 2.75) is 0 Å². The van der Waals surface area contributed by atoms with Gasteiger partial charge in [-0.1, -0.05) is 0 Å². The van der Waals surface area contributed by atoms with E-state index in [1.54, 1.807) is 18.2 Å². The van der Waals surface area contributed by atoms with Crippen LogP contribution in [0.15, 0.2) is 52.0 Å².